The van der Waals surface area contributed by atoms with Gasteiger partial charge in [-0.05, 0) is 18.8 Å². The molecule has 0 spiro atoms. The summed E-state index contributed by atoms with van der Waals surface area (Å²) < 4.78 is 0. The number of halogens is 1. The number of hydrogen-bond donors (Lipinski definition) is 0. The molecule has 1 saturated carbocycles. The topological polar surface area (TPSA) is 29.0 Å². The van der Waals surface area contributed by atoms with Gasteiger partial charge in [0.05, 0.1) is 0 Å². The van der Waals surface area contributed by atoms with Crippen molar-refractivity contribution in [3.8, 4) is 0 Å². The SMILES string of the molecule is CC1CCCC(N(C)c2nccnc2Cl)C1. The first kappa shape index (κ1) is 11.6. The predicted octanol–water partition coefficient (Wildman–Crippen LogP) is 3.14. The fraction of sp³-hybridized carbons (Fsp3) is 0.667. The summed E-state index contributed by atoms with van der Waals surface area (Å²) in [5.74, 6) is 1.61. The highest BCUT2D eigenvalue weighted by Crippen LogP contribution is 2.30. The molecular weight excluding hydrogens is 222 g/mol. The number of rotatable bonds is 2. The maximum atomic E-state index is 6.06. The molecule has 1 aliphatic carbocycles. The van der Waals surface area contributed by atoms with Gasteiger partial charge in [0.15, 0.2) is 11.0 Å². The third-order valence-corrected chi connectivity index (χ3v) is 3.69. The van der Waals surface area contributed by atoms with Gasteiger partial charge in [0.1, 0.15) is 0 Å². The summed E-state index contributed by atoms with van der Waals surface area (Å²) in [6.07, 6.45) is 8.43. The predicted molar refractivity (Wildman–Crippen MR) is 66.9 cm³/mol. The van der Waals surface area contributed by atoms with Crippen LogP contribution in [0, 0.1) is 5.92 Å². The van der Waals surface area contributed by atoms with Crippen molar-refractivity contribution >= 4 is 17.4 Å². The van der Waals surface area contributed by atoms with Gasteiger partial charge in [0, 0.05) is 25.5 Å². The van der Waals surface area contributed by atoms with Crippen LogP contribution in [0.2, 0.25) is 5.15 Å². The van der Waals surface area contributed by atoms with Gasteiger partial charge in [0.25, 0.3) is 0 Å². The standard InChI is InChI=1S/C12H18ClN3/c1-9-4-3-5-10(8-9)16(2)12-11(13)14-6-7-15-12/h6-7,9-10H,3-5,8H2,1-2H3. The minimum atomic E-state index is 0.503. The molecule has 0 aliphatic heterocycles. The average Bonchev–Trinajstić information content (AvgIpc) is 2.29. The molecule has 0 aromatic carbocycles. The first-order valence-corrected chi connectivity index (χ1v) is 6.25. The van der Waals surface area contributed by atoms with Crippen molar-refractivity contribution in [1.82, 2.24) is 9.97 Å². The minimum Gasteiger partial charge on any atom is -0.354 e. The molecule has 3 nitrogen and oxygen atoms in total. The van der Waals surface area contributed by atoms with E-state index in [0.29, 0.717) is 11.2 Å². The molecule has 16 heavy (non-hydrogen) atoms. The van der Waals surface area contributed by atoms with Gasteiger partial charge >= 0.3 is 0 Å². The van der Waals surface area contributed by atoms with E-state index in [9.17, 15) is 0 Å². The number of aromatic nitrogens is 2. The van der Waals surface area contributed by atoms with Crippen LogP contribution in [0.3, 0.4) is 0 Å². The Hall–Kier alpha value is -0.830. The lowest BCUT2D eigenvalue weighted by molar-refractivity contribution is 0.335. The lowest BCUT2D eigenvalue weighted by Gasteiger charge is -2.34. The molecule has 2 unspecified atom stereocenters. The zero-order valence-corrected chi connectivity index (χ0v) is 10.6. The highest BCUT2D eigenvalue weighted by molar-refractivity contribution is 6.31. The summed E-state index contributed by atoms with van der Waals surface area (Å²) in [6.45, 7) is 2.32. The highest BCUT2D eigenvalue weighted by Gasteiger charge is 2.24. The van der Waals surface area contributed by atoms with Crippen LogP contribution in [0.15, 0.2) is 12.4 Å². The van der Waals surface area contributed by atoms with E-state index < -0.39 is 0 Å². The van der Waals surface area contributed by atoms with Crippen LogP contribution in [-0.2, 0) is 0 Å². The molecule has 1 aromatic rings. The van der Waals surface area contributed by atoms with Crippen molar-refractivity contribution in [1.29, 1.82) is 0 Å². The summed E-state index contributed by atoms with van der Waals surface area (Å²) in [7, 11) is 2.07. The fourth-order valence-electron chi connectivity index (χ4n) is 2.48. The van der Waals surface area contributed by atoms with Crippen molar-refractivity contribution < 1.29 is 0 Å². The first-order valence-electron chi connectivity index (χ1n) is 5.88. The second-order valence-corrected chi connectivity index (χ2v) is 5.07. The molecule has 0 radical (unpaired) electrons. The molecule has 0 amide bonds. The Bertz CT molecular complexity index is 356. The second-order valence-electron chi connectivity index (χ2n) is 4.71. The first-order chi connectivity index (χ1) is 7.68. The third-order valence-electron chi connectivity index (χ3n) is 3.43. The van der Waals surface area contributed by atoms with Gasteiger partial charge in [-0.3, -0.25) is 0 Å². The highest BCUT2D eigenvalue weighted by atomic mass is 35.5. The van der Waals surface area contributed by atoms with E-state index in [1.807, 2.05) is 0 Å². The van der Waals surface area contributed by atoms with Crippen LogP contribution in [0.4, 0.5) is 5.82 Å². The molecular formula is C12H18ClN3. The normalized spacial score (nSPS) is 25.4. The van der Waals surface area contributed by atoms with Gasteiger partial charge in [-0.15, -0.1) is 0 Å². The van der Waals surface area contributed by atoms with Crippen LogP contribution >= 0.6 is 11.6 Å². The zero-order chi connectivity index (χ0) is 11.5. The Morgan fingerprint density at radius 2 is 2.06 bits per heavy atom. The molecule has 4 heteroatoms. The zero-order valence-electron chi connectivity index (χ0n) is 9.86. The van der Waals surface area contributed by atoms with E-state index in [2.05, 4.69) is 28.8 Å². The molecule has 0 N–H and O–H groups in total. The molecule has 88 valence electrons. The average molecular weight is 240 g/mol. The van der Waals surface area contributed by atoms with Gasteiger partial charge in [-0.2, -0.15) is 0 Å². The van der Waals surface area contributed by atoms with Crippen LogP contribution < -0.4 is 4.90 Å². The molecule has 0 bridgehead atoms. The van der Waals surface area contributed by atoms with Gasteiger partial charge in [-0.25, -0.2) is 9.97 Å². The van der Waals surface area contributed by atoms with Gasteiger partial charge < -0.3 is 4.90 Å². The summed E-state index contributed by atoms with van der Waals surface area (Å²) in [5.41, 5.74) is 0. The maximum absolute atomic E-state index is 6.06. The van der Waals surface area contributed by atoms with E-state index in [-0.39, 0.29) is 0 Å². The van der Waals surface area contributed by atoms with Crippen LogP contribution in [0.25, 0.3) is 0 Å². The molecule has 1 aromatic heterocycles. The van der Waals surface area contributed by atoms with Crippen molar-refractivity contribution in [2.75, 3.05) is 11.9 Å². The number of nitrogens with zero attached hydrogens (tertiary/aromatic N) is 3. The molecule has 1 fully saturated rings. The Labute approximate surface area is 102 Å². The van der Waals surface area contributed by atoms with Crippen LogP contribution in [-0.4, -0.2) is 23.1 Å². The monoisotopic (exact) mass is 239 g/mol. The Kier molecular flexibility index (Phi) is 3.64. The molecule has 0 saturated heterocycles. The maximum Gasteiger partial charge on any atom is 0.171 e. The molecule has 1 heterocycles. The molecule has 2 rings (SSSR count). The number of hydrogen-bond acceptors (Lipinski definition) is 3. The van der Waals surface area contributed by atoms with Crippen LogP contribution in [0.5, 0.6) is 0 Å². The van der Waals surface area contributed by atoms with Crippen LogP contribution in [0.1, 0.15) is 32.6 Å². The largest absolute Gasteiger partial charge is 0.354 e. The molecule has 1 aliphatic rings. The van der Waals surface area contributed by atoms with Crippen molar-refractivity contribution in [2.24, 2.45) is 5.92 Å². The summed E-state index contributed by atoms with van der Waals surface area (Å²) in [4.78, 5) is 10.6. The number of anilines is 1. The quantitative estimate of drug-likeness (QED) is 0.794. The molecule has 2 atom stereocenters. The van der Waals surface area contributed by atoms with E-state index in [1.165, 1.54) is 25.7 Å². The van der Waals surface area contributed by atoms with Crippen molar-refractivity contribution in [2.45, 2.75) is 38.6 Å². The Morgan fingerprint density at radius 1 is 1.31 bits per heavy atom. The van der Waals surface area contributed by atoms with Gasteiger partial charge in [0.2, 0.25) is 0 Å². The smallest absolute Gasteiger partial charge is 0.171 e. The summed E-state index contributed by atoms with van der Waals surface area (Å²) in [6, 6.07) is 0.554. The third kappa shape index (κ3) is 2.46. The van der Waals surface area contributed by atoms with Crippen molar-refractivity contribution in [3.63, 3.8) is 0 Å². The van der Waals surface area contributed by atoms with E-state index in [4.69, 9.17) is 11.6 Å². The van der Waals surface area contributed by atoms with Crippen molar-refractivity contribution in [3.05, 3.63) is 17.5 Å². The lowest BCUT2D eigenvalue weighted by Crippen LogP contribution is -2.36. The fourth-order valence-corrected chi connectivity index (χ4v) is 2.72. The Balaban J connectivity index is 2.12. The second kappa shape index (κ2) is 5.00. The van der Waals surface area contributed by atoms with E-state index in [0.717, 1.165) is 11.7 Å². The summed E-state index contributed by atoms with van der Waals surface area (Å²) >= 11 is 6.06. The van der Waals surface area contributed by atoms with Gasteiger partial charge in [-0.1, -0.05) is 31.4 Å². The minimum absolute atomic E-state index is 0.503. The lowest BCUT2D eigenvalue weighted by atomic mass is 9.86. The Morgan fingerprint density at radius 3 is 2.75 bits per heavy atom. The van der Waals surface area contributed by atoms with E-state index in [1.54, 1.807) is 12.4 Å². The van der Waals surface area contributed by atoms with E-state index >= 15 is 0 Å². The summed E-state index contributed by atoms with van der Waals surface area (Å²) in [5, 5.41) is 0.503.